The molecule has 4 heteroatoms. The summed E-state index contributed by atoms with van der Waals surface area (Å²) in [5, 5.41) is 0. The number of cyclic esters (lactones) is 1. The van der Waals surface area contributed by atoms with Crippen LogP contribution in [0.3, 0.4) is 0 Å². The molecule has 0 N–H and O–H groups in total. The molecular weight excluding hydrogens is 172 g/mol. The molecule has 0 aliphatic carbocycles. The number of carbonyl (C=O) groups excluding carboxylic acids is 1. The van der Waals surface area contributed by atoms with Crippen LogP contribution in [-0.2, 0) is 19.0 Å². The normalized spacial score (nSPS) is 37.8. The topological polar surface area (TPSA) is 44.8 Å². The summed E-state index contributed by atoms with van der Waals surface area (Å²) in [6.07, 6.45) is 1.05. The van der Waals surface area contributed by atoms with Crippen LogP contribution in [0.5, 0.6) is 0 Å². The van der Waals surface area contributed by atoms with Crippen LogP contribution in [0.15, 0.2) is 0 Å². The number of hydrogen-bond acceptors (Lipinski definition) is 4. The van der Waals surface area contributed by atoms with Crippen molar-refractivity contribution in [2.24, 2.45) is 0 Å². The van der Waals surface area contributed by atoms with Crippen molar-refractivity contribution in [2.75, 3.05) is 6.61 Å². The number of rotatable bonds is 0. The highest BCUT2D eigenvalue weighted by Gasteiger charge is 2.46. The molecule has 4 nitrogen and oxygen atoms in total. The van der Waals surface area contributed by atoms with Crippen molar-refractivity contribution in [3.05, 3.63) is 0 Å². The summed E-state index contributed by atoms with van der Waals surface area (Å²) in [5.74, 6) is -0.931. The number of carbonyl (C=O) groups is 1. The Bertz CT molecular complexity index is 224. The Kier molecular flexibility index (Phi) is 2.04. The predicted octanol–water partition coefficient (Wildman–Crippen LogP) is 0.843. The quantitative estimate of drug-likeness (QED) is 0.526. The molecule has 0 radical (unpaired) electrons. The minimum atomic E-state index is -0.647. The van der Waals surface area contributed by atoms with Gasteiger partial charge in [-0.3, -0.25) is 0 Å². The monoisotopic (exact) mass is 186 g/mol. The minimum absolute atomic E-state index is 0.120. The highest BCUT2D eigenvalue weighted by molar-refractivity contribution is 5.76. The van der Waals surface area contributed by atoms with Gasteiger partial charge < -0.3 is 14.2 Å². The zero-order valence-corrected chi connectivity index (χ0v) is 7.91. The fourth-order valence-corrected chi connectivity index (χ4v) is 1.79. The van der Waals surface area contributed by atoms with Gasteiger partial charge in [-0.1, -0.05) is 0 Å². The Labute approximate surface area is 77.1 Å². The molecule has 2 aliphatic rings. The Morgan fingerprint density at radius 3 is 2.92 bits per heavy atom. The van der Waals surface area contributed by atoms with E-state index in [0.717, 1.165) is 12.8 Å². The summed E-state index contributed by atoms with van der Waals surface area (Å²) in [6, 6.07) is 0. The fraction of sp³-hybridized carbons (Fsp3) is 0.889. The first kappa shape index (κ1) is 8.97. The van der Waals surface area contributed by atoms with Crippen molar-refractivity contribution < 1.29 is 19.0 Å². The van der Waals surface area contributed by atoms with E-state index in [0.29, 0.717) is 6.61 Å². The van der Waals surface area contributed by atoms with E-state index < -0.39 is 11.9 Å². The third-order valence-corrected chi connectivity index (χ3v) is 2.29. The zero-order valence-electron chi connectivity index (χ0n) is 7.91. The maximum absolute atomic E-state index is 11.4. The van der Waals surface area contributed by atoms with Crippen LogP contribution in [0, 0.1) is 0 Å². The van der Waals surface area contributed by atoms with Gasteiger partial charge in [0.25, 0.3) is 0 Å². The van der Waals surface area contributed by atoms with Crippen LogP contribution >= 0.6 is 0 Å². The Hall–Kier alpha value is -0.610. The van der Waals surface area contributed by atoms with E-state index in [-0.39, 0.29) is 12.1 Å². The van der Waals surface area contributed by atoms with Crippen LogP contribution < -0.4 is 0 Å². The molecule has 2 saturated heterocycles. The Morgan fingerprint density at radius 1 is 1.38 bits per heavy atom. The largest absolute Gasteiger partial charge is 0.464 e. The molecule has 0 bridgehead atoms. The summed E-state index contributed by atoms with van der Waals surface area (Å²) < 4.78 is 16.0. The van der Waals surface area contributed by atoms with Gasteiger partial charge in [0.05, 0.1) is 12.7 Å². The molecule has 2 fully saturated rings. The molecule has 13 heavy (non-hydrogen) atoms. The average molecular weight is 186 g/mol. The zero-order chi connectivity index (χ0) is 9.47. The number of fused-ring (bicyclic) bond motifs is 1. The van der Waals surface area contributed by atoms with E-state index in [1.807, 2.05) is 13.8 Å². The first-order valence-corrected chi connectivity index (χ1v) is 4.61. The molecule has 0 spiro atoms. The van der Waals surface area contributed by atoms with Crippen molar-refractivity contribution in [2.45, 2.75) is 44.7 Å². The van der Waals surface area contributed by atoms with Gasteiger partial charge in [0.1, 0.15) is 0 Å². The molecule has 2 rings (SSSR count). The van der Waals surface area contributed by atoms with E-state index >= 15 is 0 Å². The lowest BCUT2D eigenvalue weighted by Crippen LogP contribution is -2.30. The second kappa shape index (κ2) is 2.96. The van der Waals surface area contributed by atoms with E-state index in [2.05, 4.69) is 0 Å². The Morgan fingerprint density at radius 2 is 2.15 bits per heavy atom. The molecule has 0 saturated carbocycles. The van der Waals surface area contributed by atoms with Crippen molar-refractivity contribution in [1.82, 2.24) is 0 Å². The smallest absolute Gasteiger partial charge is 0.338 e. The van der Waals surface area contributed by atoms with E-state index in [1.54, 1.807) is 0 Å². The average Bonchev–Trinajstić information content (AvgIpc) is 2.26. The van der Waals surface area contributed by atoms with E-state index in [9.17, 15) is 4.79 Å². The summed E-state index contributed by atoms with van der Waals surface area (Å²) in [4.78, 5) is 11.4. The molecule has 2 heterocycles. The van der Waals surface area contributed by atoms with Crippen molar-refractivity contribution in [3.63, 3.8) is 0 Å². The highest BCUT2D eigenvalue weighted by Crippen LogP contribution is 2.32. The molecule has 74 valence electrons. The number of hydrogen-bond donors (Lipinski definition) is 0. The summed E-state index contributed by atoms with van der Waals surface area (Å²) in [5.41, 5.74) is 0. The lowest BCUT2D eigenvalue weighted by molar-refractivity contribution is -0.171. The third kappa shape index (κ3) is 1.69. The first-order chi connectivity index (χ1) is 6.08. The van der Waals surface area contributed by atoms with Gasteiger partial charge in [0.15, 0.2) is 11.9 Å². The number of ether oxygens (including phenoxy) is 3. The van der Waals surface area contributed by atoms with Crippen LogP contribution in [-0.4, -0.2) is 30.6 Å². The number of esters is 1. The maximum Gasteiger partial charge on any atom is 0.338 e. The van der Waals surface area contributed by atoms with Crippen LogP contribution in [0.1, 0.15) is 26.7 Å². The molecular formula is C9H14O4. The van der Waals surface area contributed by atoms with Crippen LogP contribution in [0.2, 0.25) is 0 Å². The molecule has 0 aromatic heterocycles. The SMILES string of the molecule is CC1(C)O[C@H]2CCCOC(=O)[C@H]2O1. The molecule has 0 aromatic rings. The lowest BCUT2D eigenvalue weighted by Gasteiger charge is -2.17. The third-order valence-electron chi connectivity index (χ3n) is 2.29. The predicted molar refractivity (Wildman–Crippen MR) is 44.0 cm³/mol. The highest BCUT2D eigenvalue weighted by atomic mass is 16.8. The second-order valence-electron chi connectivity index (χ2n) is 3.90. The van der Waals surface area contributed by atoms with Crippen molar-refractivity contribution in [3.8, 4) is 0 Å². The van der Waals surface area contributed by atoms with Gasteiger partial charge >= 0.3 is 5.97 Å². The summed E-state index contributed by atoms with van der Waals surface area (Å²) >= 11 is 0. The lowest BCUT2D eigenvalue weighted by atomic mass is 10.1. The Balaban J connectivity index is 2.14. The van der Waals surface area contributed by atoms with Gasteiger partial charge in [0, 0.05) is 0 Å². The minimum Gasteiger partial charge on any atom is -0.464 e. The summed E-state index contributed by atoms with van der Waals surface area (Å²) in [6.45, 7) is 4.11. The van der Waals surface area contributed by atoms with E-state index in [1.165, 1.54) is 0 Å². The maximum atomic E-state index is 11.4. The van der Waals surface area contributed by atoms with Crippen LogP contribution in [0.4, 0.5) is 0 Å². The standard InChI is InChI=1S/C9H14O4/c1-9(2)12-6-4-3-5-11-8(10)7(6)13-9/h6-7H,3-5H2,1-2H3/t6-,7-/m0/s1. The van der Waals surface area contributed by atoms with Gasteiger partial charge in [-0.15, -0.1) is 0 Å². The summed E-state index contributed by atoms with van der Waals surface area (Å²) in [7, 11) is 0. The van der Waals surface area contributed by atoms with Crippen molar-refractivity contribution in [1.29, 1.82) is 0 Å². The second-order valence-corrected chi connectivity index (χ2v) is 3.90. The van der Waals surface area contributed by atoms with Gasteiger partial charge in [-0.25, -0.2) is 4.79 Å². The van der Waals surface area contributed by atoms with Gasteiger partial charge in [-0.2, -0.15) is 0 Å². The van der Waals surface area contributed by atoms with Crippen molar-refractivity contribution >= 4 is 5.97 Å². The van der Waals surface area contributed by atoms with Crippen LogP contribution in [0.25, 0.3) is 0 Å². The first-order valence-electron chi connectivity index (χ1n) is 4.61. The molecule has 0 aromatic carbocycles. The van der Waals surface area contributed by atoms with Gasteiger partial charge in [-0.05, 0) is 26.7 Å². The molecule has 0 amide bonds. The molecule has 2 atom stereocenters. The van der Waals surface area contributed by atoms with E-state index in [4.69, 9.17) is 14.2 Å². The van der Waals surface area contributed by atoms with Gasteiger partial charge in [0.2, 0.25) is 0 Å². The fourth-order valence-electron chi connectivity index (χ4n) is 1.79. The molecule has 2 aliphatic heterocycles. The molecule has 0 unspecified atom stereocenters.